The zero-order valence-corrected chi connectivity index (χ0v) is 15.2. The van der Waals surface area contributed by atoms with Crippen LogP contribution in [0.25, 0.3) is 0 Å². The molecule has 110 valence electrons. The molecule has 0 aliphatic rings. The van der Waals surface area contributed by atoms with Gasteiger partial charge in [-0.3, -0.25) is 4.79 Å². The number of hydrogen-bond acceptors (Lipinski definition) is 1. The van der Waals surface area contributed by atoms with E-state index in [4.69, 9.17) is 0 Å². The molecule has 0 unspecified atom stereocenters. The van der Waals surface area contributed by atoms with E-state index in [2.05, 4.69) is 43.8 Å². The van der Waals surface area contributed by atoms with Gasteiger partial charge in [-0.15, -0.1) is 0 Å². The molecular formula is C16H14BrFINO. The van der Waals surface area contributed by atoms with Crippen molar-refractivity contribution in [3.63, 3.8) is 0 Å². The minimum absolute atomic E-state index is 0.111. The van der Waals surface area contributed by atoms with Gasteiger partial charge in [-0.05, 0) is 93.3 Å². The summed E-state index contributed by atoms with van der Waals surface area (Å²) in [5.74, 6) is -0.344. The number of rotatable bonds is 4. The highest BCUT2D eigenvalue weighted by atomic mass is 127. The van der Waals surface area contributed by atoms with Gasteiger partial charge in [0.1, 0.15) is 5.82 Å². The molecule has 1 N–H and O–H groups in total. The molecule has 0 spiro atoms. The van der Waals surface area contributed by atoms with Crippen LogP contribution in [0.15, 0.2) is 40.9 Å². The molecule has 0 bridgehead atoms. The molecule has 2 aromatic rings. The Labute approximate surface area is 145 Å². The second-order valence-corrected chi connectivity index (χ2v) is 6.80. The van der Waals surface area contributed by atoms with Gasteiger partial charge in [0.2, 0.25) is 0 Å². The summed E-state index contributed by atoms with van der Waals surface area (Å²) in [4.78, 5) is 12.1. The second-order valence-electron chi connectivity index (χ2n) is 4.70. The largest absolute Gasteiger partial charge is 0.352 e. The summed E-state index contributed by atoms with van der Waals surface area (Å²) >= 11 is 5.56. The zero-order valence-electron chi connectivity index (χ0n) is 11.4. The highest BCUT2D eigenvalue weighted by Gasteiger charge is 2.10. The van der Waals surface area contributed by atoms with E-state index in [1.54, 1.807) is 6.07 Å². The first-order valence-corrected chi connectivity index (χ1v) is 8.33. The van der Waals surface area contributed by atoms with Crippen LogP contribution < -0.4 is 5.32 Å². The van der Waals surface area contributed by atoms with Gasteiger partial charge in [0.15, 0.2) is 0 Å². The summed E-state index contributed by atoms with van der Waals surface area (Å²) in [5, 5.41) is 2.89. The fourth-order valence-electron chi connectivity index (χ4n) is 2.02. The molecule has 21 heavy (non-hydrogen) atoms. The van der Waals surface area contributed by atoms with Gasteiger partial charge < -0.3 is 5.32 Å². The van der Waals surface area contributed by atoms with E-state index in [0.29, 0.717) is 18.5 Å². The number of halogens is 3. The molecule has 0 heterocycles. The SMILES string of the molecule is Cc1cc(F)ccc1CCNC(=O)c1cc(I)ccc1Br. The predicted molar refractivity (Wildman–Crippen MR) is 94.0 cm³/mol. The first kappa shape index (κ1) is 16.4. The predicted octanol–water partition coefficient (Wildman–Crippen LogP) is 4.47. The van der Waals surface area contributed by atoms with E-state index >= 15 is 0 Å². The third-order valence-corrected chi connectivity index (χ3v) is 4.52. The third kappa shape index (κ3) is 4.51. The molecular weight excluding hydrogens is 448 g/mol. The molecule has 1 amide bonds. The lowest BCUT2D eigenvalue weighted by molar-refractivity contribution is 0.0953. The summed E-state index contributed by atoms with van der Waals surface area (Å²) in [6.07, 6.45) is 0.680. The van der Waals surface area contributed by atoms with Gasteiger partial charge in [-0.25, -0.2) is 4.39 Å². The third-order valence-electron chi connectivity index (χ3n) is 3.16. The number of hydrogen-bond donors (Lipinski definition) is 1. The summed E-state index contributed by atoms with van der Waals surface area (Å²) in [7, 11) is 0. The van der Waals surface area contributed by atoms with Crippen molar-refractivity contribution in [2.75, 3.05) is 6.54 Å². The Morgan fingerprint density at radius 1 is 1.29 bits per heavy atom. The number of nitrogens with one attached hydrogen (secondary N) is 1. The maximum absolute atomic E-state index is 13.0. The van der Waals surface area contributed by atoms with Gasteiger partial charge in [0, 0.05) is 14.6 Å². The average molecular weight is 462 g/mol. The molecule has 0 saturated heterocycles. The fourth-order valence-corrected chi connectivity index (χ4v) is 2.94. The molecule has 0 saturated carbocycles. The molecule has 0 aromatic heterocycles. The van der Waals surface area contributed by atoms with Crippen molar-refractivity contribution >= 4 is 44.4 Å². The first-order chi connectivity index (χ1) is 9.97. The molecule has 2 aromatic carbocycles. The maximum Gasteiger partial charge on any atom is 0.252 e. The Bertz CT molecular complexity index is 675. The molecule has 2 nitrogen and oxygen atoms in total. The smallest absolute Gasteiger partial charge is 0.252 e. The zero-order chi connectivity index (χ0) is 15.4. The van der Waals surface area contributed by atoms with Crippen LogP contribution in [0.3, 0.4) is 0 Å². The van der Waals surface area contributed by atoms with E-state index in [1.165, 1.54) is 12.1 Å². The number of benzene rings is 2. The Morgan fingerprint density at radius 3 is 2.76 bits per heavy atom. The Hall–Kier alpha value is -0.950. The van der Waals surface area contributed by atoms with Gasteiger partial charge in [0.05, 0.1) is 5.56 Å². The second kappa shape index (κ2) is 7.35. The van der Waals surface area contributed by atoms with Crippen molar-refractivity contribution in [2.45, 2.75) is 13.3 Å². The van der Waals surface area contributed by atoms with Gasteiger partial charge in [-0.1, -0.05) is 6.07 Å². The van der Waals surface area contributed by atoms with Crippen LogP contribution in [0.2, 0.25) is 0 Å². The standard InChI is InChI=1S/C16H14BrFINO/c1-10-8-12(18)3-2-11(10)6-7-20-16(21)14-9-13(19)4-5-15(14)17/h2-5,8-9H,6-7H2,1H3,(H,20,21). The Morgan fingerprint density at radius 2 is 2.05 bits per heavy atom. The van der Waals surface area contributed by atoms with Crippen molar-refractivity contribution in [2.24, 2.45) is 0 Å². The minimum Gasteiger partial charge on any atom is -0.352 e. The van der Waals surface area contributed by atoms with E-state index in [1.807, 2.05) is 25.1 Å². The molecule has 5 heteroatoms. The number of carbonyl (C=O) groups is 1. The number of carbonyl (C=O) groups excluding carboxylic acids is 1. The van der Waals surface area contributed by atoms with E-state index in [-0.39, 0.29) is 11.7 Å². The minimum atomic E-state index is -0.233. The topological polar surface area (TPSA) is 29.1 Å². The van der Waals surface area contributed by atoms with E-state index in [9.17, 15) is 9.18 Å². The van der Waals surface area contributed by atoms with Crippen molar-refractivity contribution < 1.29 is 9.18 Å². The Balaban J connectivity index is 1.97. The summed E-state index contributed by atoms with van der Waals surface area (Å²) < 4.78 is 14.8. The normalized spacial score (nSPS) is 10.5. The molecule has 0 aliphatic heterocycles. The van der Waals surface area contributed by atoms with Crippen LogP contribution in [0, 0.1) is 16.3 Å². The lowest BCUT2D eigenvalue weighted by Crippen LogP contribution is -2.26. The monoisotopic (exact) mass is 461 g/mol. The summed E-state index contributed by atoms with van der Waals surface area (Å²) in [5.41, 5.74) is 2.57. The van der Waals surface area contributed by atoms with Crippen LogP contribution >= 0.6 is 38.5 Å². The molecule has 2 rings (SSSR count). The highest BCUT2D eigenvalue weighted by Crippen LogP contribution is 2.19. The maximum atomic E-state index is 13.0. The Kier molecular flexibility index (Phi) is 5.75. The fraction of sp³-hybridized carbons (Fsp3) is 0.188. The summed E-state index contributed by atoms with van der Waals surface area (Å²) in [6, 6.07) is 10.3. The van der Waals surface area contributed by atoms with Crippen molar-refractivity contribution in [1.82, 2.24) is 5.32 Å². The molecule has 0 atom stereocenters. The van der Waals surface area contributed by atoms with Crippen LogP contribution in [-0.2, 0) is 6.42 Å². The highest BCUT2D eigenvalue weighted by molar-refractivity contribution is 14.1. The molecule has 0 fully saturated rings. The average Bonchev–Trinajstić information content (AvgIpc) is 2.43. The van der Waals surface area contributed by atoms with Crippen LogP contribution in [0.4, 0.5) is 4.39 Å². The number of aryl methyl sites for hydroxylation is 1. The molecule has 0 aliphatic carbocycles. The van der Waals surface area contributed by atoms with Crippen molar-refractivity contribution in [3.05, 3.63) is 66.9 Å². The summed E-state index contributed by atoms with van der Waals surface area (Å²) in [6.45, 7) is 2.39. The van der Waals surface area contributed by atoms with Gasteiger partial charge >= 0.3 is 0 Å². The van der Waals surface area contributed by atoms with Gasteiger partial charge in [0.25, 0.3) is 5.91 Å². The van der Waals surface area contributed by atoms with Crippen molar-refractivity contribution in [3.8, 4) is 0 Å². The first-order valence-electron chi connectivity index (χ1n) is 6.45. The van der Waals surface area contributed by atoms with Crippen LogP contribution in [-0.4, -0.2) is 12.5 Å². The van der Waals surface area contributed by atoms with Gasteiger partial charge in [-0.2, -0.15) is 0 Å². The lowest BCUT2D eigenvalue weighted by Gasteiger charge is -2.09. The quantitative estimate of drug-likeness (QED) is 0.668. The van der Waals surface area contributed by atoms with Crippen molar-refractivity contribution in [1.29, 1.82) is 0 Å². The number of amides is 1. The molecule has 0 radical (unpaired) electrons. The van der Waals surface area contributed by atoms with Crippen LogP contribution in [0.5, 0.6) is 0 Å². The lowest BCUT2D eigenvalue weighted by atomic mass is 10.1. The van der Waals surface area contributed by atoms with Crippen LogP contribution in [0.1, 0.15) is 21.5 Å². The van der Waals surface area contributed by atoms with E-state index < -0.39 is 0 Å². The van der Waals surface area contributed by atoms with E-state index in [0.717, 1.165) is 19.2 Å².